The monoisotopic (exact) mass is 547 g/mol. The molecule has 1 amide bonds. The van der Waals surface area contributed by atoms with Crippen LogP contribution >= 0.6 is 0 Å². The van der Waals surface area contributed by atoms with Gasteiger partial charge in [0.1, 0.15) is 17.6 Å². The molecule has 0 bridgehead atoms. The van der Waals surface area contributed by atoms with E-state index in [1.165, 1.54) is 24.4 Å². The number of rotatable bonds is 9. The summed E-state index contributed by atoms with van der Waals surface area (Å²) in [5, 5.41) is 0. The maximum absolute atomic E-state index is 13.7. The van der Waals surface area contributed by atoms with Crippen molar-refractivity contribution in [3.63, 3.8) is 0 Å². The molecule has 0 saturated heterocycles. The van der Waals surface area contributed by atoms with E-state index in [9.17, 15) is 18.0 Å². The zero-order valence-electron chi connectivity index (χ0n) is 21.7. The number of amides is 1. The molecule has 0 aliphatic heterocycles. The summed E-state index contributed by atoms with van der Waals surface area (Å²) >= 11 is 0. The summed E-state index contributed by atoms with van der Waals surface area (Å²) in [6.45, 7) is 5.11. The second-order valence-corrected chi connectivity index (χ2v) is 11.3. The van der Waals surface area contributed by atoms with Crippen LogP contribution < -0.4 is 4.72 Å². The van der Waals surface area contributed by atoms with Gasteiger partial charge >= 0.3 is 5.97 Å². The van der Waals surface area contributed by atoms with E-state index in [0.29, 0.717) is 22.6 Å². The summed E-state index contributed by atoms with van der Waals surface area (Å²) in [4.78, 5) is 39.4. The molecule has 1 atom stereocenters. The van der Waals surface area contributed by atoms with Crippen molar-refractivity contribution in [1.82, 2.24) is 24.6 Å². The molecule has 0 aliphatic rings. The number of ether oxygens (including phenoxy) is 1. The van der Waals surface area contributed by atoms with Gasteiger partial charge < -0.3 is 9.72 Å². The third-order valence-corrected chi connectivity index (χ3v) is 6.86. The Balaban J connectivity index is 1.75. The number of nitrogens with one attached hydrogen (secondary N) is 2. The minimum atomic E-state index is -4.13. The van der Waals surface area contributed by atoms with Crippen molar-refractivity contribution in [2.75, 3.05) is 0 Å². The van der Waals surface area contributed by atoms with Gasteiger partial charge in [0, 0.05) is 18.0 Å². The van der Waals surface area contributed by atoms with E-state index in [-0.39, 0.29) is 4.90 Å². The molecule has 0 radical (unpaired) electrons. The lowest BCUT2D eigenvalue weighted by Gasteiger charge is -2.30. The second kappa shape index (κ2) is 11.6. The van der Waals surface area contributed by atoms with Crippen LogP contribution in [0.5, 0.6) is 0 Å². The van der Waals surface area contributed by atoms with Crippen molar-refractivity contribution in [2.24, 2.45) is 0 Å². The van der Waals surface area contributed by atoms with Gasteiger partial charge in [-0.05, 0) is 63.2 Å². The molecule has 202 valence electrons. The third-order valence-electron chi connectivity index (χ3n) is 5.38. The summed E-state index contributed by atoms with van der Waals surface area (Å²) in [5.74, 6) is -0.836. The van der Waals surface area contributed by atoms with E-state index in [0.717, 1.165) is 4.90 Å². The van der Waals surface area contributed by atoms with E-state index in [1.54, 1.807) is 87.6 Å². The first-order valence-corrected chi connectivity index (χ1v) is 13.7. The van der Waals surface area contributed by atoms with Crippen LogP contribution in [-0.2, 0) is 19.6 Å². The molecule has 11 heteroatoms. The minimum absolute atomic E-state index is 0.0152. The Bertz CT molecular complexity index is 1550. The van der Waals surface area contributed by atoms with Crippen LogP contribution in [-0.4, -0.2) is 51.9 Å². The summed E-state index contributed by atoms with van der Waals surface area (Å²) in [6.07, 6.45) is 2.73. The van der Waals surface area contributed by atoms with E-state index < -0.39 is 40.1 Å². The number of esters is 1. The molecule has 39 heavy (non-hydrogen) atoms. The molecule has 10 nitrogen and oxygen atoms in total. The van der Waals surface area contributed by atoms with Crippen LogP contribution in [0, 0.1) is 0 Å². The van der Waals surface area contributed by atoms with Crippen molar-refractivity contribution in [1.29, 1.82) is 0 Å². The highest BCUT2D eigenvalue weighted by atomic mass is 32.2. The van der Waals surface area contributed by atoms with E-state index in [2.05, 4.69) is 19.7 Å². The van der Waals surface area contributed by atoms with Crippen molar-refractivity contribution < 1.29 is 22.7 Å². The summed E-state index contributed by atoms with van der Waals surface area (Å²) < 4.78 is 34.6. The van der Waals surface area contributed by atoms with E-state index in [4.69, 9.17) is 4.74 Å². The number of hydrogen-bond acceptors (Lipinski definition) is 7. The molecule has 0 saturated carbocycles. The smallest absolute Gasteiger partial charge is 0.309 e. The van der Waals surface area contributed by atoms with Crippen molar-refractivity contribution in [2.45, 2.75) is 43.9 Å². The van der Waals surface area contributed by atoms with Gasteiger partial charge in [-0.25, -0.2) is 18.4 Å². The first-order valence-electron chi connectivity index (χ1n) is 12.2. The normalized spacial score (nSPS) is 12.9. The molecule has 0 unspecified atom stereocenters. The Morgan fingerprint density at radius 3 is 2.33 bits per heavy atom. The molecule has 0 fully saturated rings. The highest BCUT2D eigenvalue weighted by molar-refractivity contribution is 7.89. The number of imidazole rings is 1. The molecule has 4 rings (SSSR count). The quantitative estimate of drug-likeness (QED) is 0.238. The van der Waals surface area contributed by atoms with E-state index in [1.807, 2.05) is 0 Å². The zero-order valence-corrected chi connectivity index (χ0v) is 22.6. The molecule has 2 aromatic heterocycles. The lowest BCUT2D eigenvalue weighted by atomic mass is 10.1. The molecular weight excluding hydrogens is 518 g/mol. The van der Waals surface area contributed by atoms with Crippen LogP contribution in [0.1, 0.15) is 43.4 Å². The number of nitrogens with zero attached hydrogens (tertiary/aromatic N) is 3. The first kappa shape index (κ1) is 27.7. The Morgan fingerprint density at radius 2 is 1.69 bits per heavy atom. The first-order chi connectivity index (χ1) is 18.5. The van der Waals surface area contributed by atoms with Crippen LogP contribution in [0.25, 0.3) is 17.2 Å². The highest BCUT2D eigenvalue weighted by Crippen LogP contribution is 2.18. The second-order valence-electron chi connectivity index (χ2n) is 9.63. The predicted molar refractivity (Wildman–Crippen MR) is 147 cm³/mol. The average Bonchev–Trinajstić information content (AvgIpc) is 3.31. The van der Waals surface area contributed by atoms with Gasteiger partial charge in [-0.1, -0.05) is 36.4 Å². The summed E-state index contributed by atoms with van der Waals surface area (Å²) in [6, 6.07) is 19.6. The fourth-order valence-corrected chi connectivity index (χ4v) is 4.93. The molecule has 4 aromatic rings. The number of sulfonamides is 1. The lowest BCUT2D eigenvalue weighted by molar-refractivity contribution is -0.155. The van der Waals surface area contributed by atoms with Gasteiger partial charge in [0.15, 0.2) is 5.65 Å². The van der Waals surface area contributed by atoms with Crippen molar-refractivity contribution in [3.8, 4) is 0 Å². The number of aromatic amines is 1. The Hall–Kier alpha value is -4.35. The molecule has 0 spiro atoms. The lowest BCUT2D eigenvalue weighted by Crippen LogP contribution is -2.50. The summed E-state index contributed by atoms with van der Waals surface area (Å²) in [5.41, 5.74) is 0.647. The molecule has 2 N–H and O–H groups in total. The number of aromatic nitrogens is 3. The maximum atomic E-state index is 13.7. The molecule has 2 aromatic carbocycles. The Morgan fingerprint density at radius 1 is 1.03 bits per heavy atom. The number of benzene rings is 2. The Labute approximate surface area is 226 Å². The maximum Gasteiger partial charge on any atom is 0.309 e. The average molecular weight is 548 g/mol. The van der Waals surface area contributed by atoms with Gasteiger partial charge in [-0.15, -0.1) is 0 Å². The van der Waals surface area contributed by atoms with Crippen LogP contribution in [0.2, 0.25) is 0 Å². The highest BCUT2D eigenvalue weighted by Gasteiger charge is 2.32. The zero-order chi connectivity index (χ0) is 28.0. The number of pyridine rings is 1. The van der Waals surface area contributed by atoms with Gasteiger partial charge in [0.25, 0.3) is 5.91 Å². The van der Waals surface area contributed by atoms with Crippen LogP contribution in [0.4, 0.5) is 0 Å². The van der Waals surface area contributed by atoms with Gasteiger partial charge in [-0.2, -0.15) is 4.72 Å². The third kappa shape index (κ3) is 7.37. The topological polar surface area (TPSA) is 134 Å². The van der Waals surface area contributed by atoms with Gasteiger partial charge in [0.05, 0.1) is 16.8 Å². The standard InChI is InChI=1S/C28H29N5O5S/c1-28(2,3)38-25(34)19-24(32-39(36,37)21-13-8-5-9-14-21)33(27(35)20-11-6-4-7-12-20)18-16-23-30-22-15-10-17-29-26(22)31-23/h4-18,24,32H,19H2,1-3H3,(H,29,30,31)/t24-/m1/s1. The number of fused-ring (bicyclic) bond motifs is 1. The fourth-order valence-electron chi connectivity index (χ4n) is 3.72. The minimum Gasteiger partial charge on any atom is -0.460 e. The summed E-state index contributed by atoms with van der Waals surface area (Å²) in [7, 11) is -4.13. The number of carbonyl (C=O) groups is 2. The number of carbonyl (C=O) groups excluding carboxylic acids is 2. The molecular formula is C28H29N5O5S. The van der Waals surface area contributed by atoms with Crippen LogP contribution in [0.3, 0.4) is 0 Å². The van der Waals surface area contributed by atoms with Gasteiger partial charge in [-0.3, -0.25) is 14.5 Å². The number of hydrogen-bond donors (Lipinski definition) is 2. The van der Waals surface area contributed by atoms with Gasteiger partial charge in [0.2, 0.25) is 10.0 Å². The van der Waals surface area contributed by atoms with Crippen LogP contribution in [0.15, 0.2) is 90.1 Å². The number of H-pyrrole nitrogens is 1. The van der Waals surface area contributed by atoms with Crippen molar-refractivity contribution in [3.05, 3.63) is 96.6 Å². The van der Waals surface area contributed by atoms with E-state index >= 15 is 0 Å². The SMILES string of the molecule is CC(C)(C)OC(=O)C[C@H](NS(=O)(=O)c1ccccc1)N(C=Cc1nc2ncccc2[nH]1)C(=O)c1ccccc1. The molecule has 2 heterocycles. The largest absolute Gasteiger partial charge is 0.460 e. The molecule has 0 aliphatic carbocycles. The fraction of sp³-hybridized carbons (Fsp3) is 0.214. The predicted octanol–water partition coefficient (Wildman–Crippen LogP) is 4.11. The van der Waals surface area contributed by atoms with Crippen molar-refractivity contribution >= 4 is 39.1 Å². The Kier molecular flexibility index (Phi) is 8.22.